The van der Waals surface area contributed by atoms with Gasteiger partial charge in [-0.15, -0.1) is 0 Å². The molecule has 4 nitrogen and oxygen atoms in total. The maximum atomic E-state index is 13.2. The van der Waals surface area contributed by atoms with Gasteiger partial charge < -0.3 is 9.84 Å². The number of rotatable bonds is 3. The van der Waals surface area contributed by atoms with Crippen molar-refractivity contribution in [3.05, 3.63) is 53.9 Å². The normalized spacial score (nSPS) is 12.2. The van der Waals surface area contributed by atoms with E-state index in [4.69, 9.17) is 4.74 Å². The lowest BCUT2D eigenvalue weighted by Crippen LogP contribution is -2.03. The van der Waals surface area contributed by atoms with Crippen LogP contribution >= 0.6 is 0 Å². The number of aliphatic hydroxyl groups excluding tert-OH is 1. The third-order valence-electron chi connectivity index (χ3n) is 2.35. The molecule has 1 atom stereocenters. The van der Waals surface area contributed by atoms with Crippen molar-refractivity contribution in [2.24, 2.45) is 0 Å². The van der Waals surface area contributed by atoms with Crippen LogP contribution in [0.25, 0.3) is 0 Å². The van der Waals surface area contributed by atoms with E-state index in [2.05, 4.69) is 9.97 Å². The van der Waals surface area contributed by atoms with Gasteiger partial charge in [-0.1, -0.05) is 6.07 Å². The number of hydrogen-bond acceptors (Lipinski definition) is 4. The zero-order valence-corrected chi connectivity index (χ0v) is 9.17. The van der Waals surface area contributed by atoms with Gasteiger partial charge in [-0.05, 0) is 17.7 Å². The first-order valence-corrected chi connectivity index (χ1v) is 5.00. The van der Waals surface area contributed by atoms with E-state index in [1.807, 2.05) is 0 Å². The van der Waals surface area contributed by atoms with Gasteiger partial charge in [-0.3, -0.25) is 9.97 Å². The summed E-state index contributed by atoms with van der Waals surface area (Å²) < 4.78 is 18.1. The van der Waals surface area contributed by atoms with Crippen molar-refractivity contribution >= 4 is 0 Å². The molecule has 1 aromatic heterocycles. The van der Waals surface area contributed by atoms with E-state index in [-0.39, 0.29) is 5.75 Å². The minimum absolute atomic E-state index is 0.0884. The van der Waals surface area contributed by atoms with Crippen molar-refractivity contribution in [2.75, 3.05) is 7.11 Å². The fourth-order valence-electron chi connectivity index (χ4n) is 1.47. The van der Waals surface area contributed by atoms with Crippen LogP contribution in [0.4, 0.5) is 4.39 Å². The number of aromatic nitrogens is 2. The monoisotopic (exact) mass is 234 g/mol. The minimum atomic E-state index is -0.946. The number of hydrogen-bond donors (Lipinski definition) is 1. The predicted octanol–water partition coefficient (Wildman–Crippen LogP) is 1.71. The summed E-state index contributed by atoms with van der Waals surface area (Å²) in [6, 6.07) is 4.17. The highest BCUT2D eigenvalue weighted by molar-refractivity contribution is 5.34. The second kappa shape index (κ2) is 4.88. The lowest BCUT2D eigenvalue weighted by Gasteiger charge is -2.11. The van der Waals surface area contributed by atoms with E-state index < -0.39 is 11.9 Å². The van der Waals surface area contributed by atoms with Crippen LogP contribution in [0.1, 0.15) is 17.4 Å². The Bertz CT molecular complexity index is 505. The van der Waals surface area contributed by atoms with E-state index in [0.717, 1.165) is 0 Å². The summed E-state index contributed by atoms with van der Waals surface area (Å²) in [5.74, 6) is -0.381. The Kier molecular flexibility index (Phi) is 3.30. The molecule has 0 saturated heterocycles. The summed E-state index contributed by atoms with van der Waals surface area (Å²) in [4.78, 5) is 7.85. The van der Waals surface area contributed by atoms with Crippen molar-refractivity contribution in [2.45, 2.75) is 6.10 Å². The molecular weight excluding hydrogens is 223 g/mol. The lowest BCUT2D eigenvalue weighted by molar-refractivity contribution is 0.214. The molecule has 2 aromatic rings. The molecule has 0 fully saturated rings. The van der Waals surface area contributed by atoms with E-state index in [1.54, 1.807) is 0 Å². The predicted molar refractivity (Wildman–Crippen MR) is 59.0 cm³/mol. The summed E-state index contributed by atoms with van der Waals surface area (Å²) in [7, 11) is 1.37. The zero-order valence-electron chi connectivity index (χ0n) is 9.17. The highest BCUT2D eigenvalue weighted by Crippen LogP contribution is 2.25. The van der Waals surface area contributed by atoms with E-state index >= 15 is 0 Å². The van der Waals surface area contributed by atoms with Crippen LogP contribution in [-0.4, -0.2) is 22.2 Å². The SMILES string of the molecule is COc1cc(C(O)c2cnccn2)ccc1F. The van der Waals surface area contributed by atoms with Gasteiger partial charge in [-0.25, -0.2) is 4.39 Å². The maximum absolute atomic E-state index is 13.2. The number of ether oxygens (including phenoxy) is 1. The fraction of sp³-hybridized carbons (Fsp3) is 0.167. The summed E-state index contributed by atoms with van der Waals surface area (Å²) in [6.07, 6.45) is 3.51. The van der Waals surface area contributed by atoms with E-state index in [1.165, 1.54) is 43.9 Å². The average Bonchev–Trinajstić information content (AvgIpc) is 2.39. The number of halogens is 1. The molecule has 0 saturated carbocycles. The lowest BCUT2D eigenvalue weighted by atomic mass is 10.1. The minimum Gasteiger partial charge on any atom is -0.494 e. The van der Waals surface area contributed by atoms with Crippen LogP contribution in [-0.2, 0) is 0 Å². The smallest absolute Gasteiger partial charge is 0.165 e. The molecule has 17 heavy (non-hydrogen) atoms. The number of nitrogens with zero attached hydrogens (tertiary/aromatic N) is 2. The summed E-state index contributed by atoms with van der Waals surface area (Å²) in [5.41, 5.74) is 0.907. The molecule has 0 aliphatic carbocycles. The van der Waals surface area contributed by atoms with Crippen LogP contribution in [0, 0.1) is 5.82 Å². The Balaban J connectivity index is 2.34. The average molecular weight is 234 g/mol. The molecule has 1 unspecified atom stereocenters. The molecule has 2 rings (SSSR count). The van der Waals surface area contributed by atoms with Gasteiger partial charge in [0.1, 0.15) is 6.10 Å². The molecule has 0 bridgehead atoms. The second-order valence-corrected chi connectivity index (χ2v) is 3.43. The number of benzene rings is 1. The van der Waals surface area contributed by atoms with Crippen molar-refractivity contribution in [1.29, 1.82) is 0 Å². The Morgan fingerprint density at radius 2 is 2.18 bits per heavy atom. The Hall–Kier alpha value is -2.01. The first-order chi connectivity index (χ1) is 8.22. The van der Waals surface area contributed by atoms with E-state index in [0.29, 0.717) is 11.3 Å². The summed E-state index contributed by atoms with van der Waals surface area (Å²) in [5, 5.41) is 10.0. The molecule has 0 amide bonds. The Morgan fingerprint density at radius 1 is 1.35 bits per heavy atom. The van der Waals surface area contributed by atoms with E-state index in [9.17, 15) is 9.50 Å². The Morgan fingerprint density at radius 3 is 2.82 bits per heavy atom. The van der Waals surface area contributed by atoms with Crippen LogP contribution in [0.5, 0.6) is 5.75 Å². The first kappa shape index (κ1) is 11.5. The zero-order chi connectivity index (χ0) is 12.3. The Labute approximate surface area is 97.7 Å². The standard InChI is InChI=1S/C12H11FN2O2/c1-17-11-6-8(2-3-9(11)13)12(16)10-7-14-4-5-15-10/h2-7,12,16H,1H3. The van der Waals surface area contributed by atoms with Gasteiger partial charge >= 0.3 is 0 Å². The van der Waals surface area contributed by atoms with Gasteiger partial charge in [0, 0.05) is 12.4 Å². The van der Waals surface area contributed by atoms with Gasteiger partial charge in [0.05, 0.1) is 19.0 Å². The molecule has 5 heteroatoms. The molecule has 88 valence electrons. The largest absolute Gasteiger partial charge is 0.494 e. The molecular formula is C12H11FN2O2. The van der Waals surface area contributed by atoms with Gasteiger partial charge in [0.25, 0.3) is 0 Å². The van der Waals surface area contributed by atoms with Gasteiger partial charge in [0.15, 0.2) is 11.6 Å². The van der Waals surface area contributed by atoms with Crippen LogP contribution < -0.4 is 4.74 Å². The van der Waals surface area contributed by atoms with Crippen LogP contribution in [0.15, 0.2) is 36.8 Å². The fourth-order valence-corrected chi connectivity index (χ4v) is 1.47. The molecule has 0 spiro atoms. The maximum Gasteiger partial charge on any atom is 0.165 e. The van der Waals surface area contributed by atoms with Crippen LogP contribution in [0.3, 0.4) is 0 Å². The molecule has 0 radical (unpaired) electrons. The third-order valence-corrected chi connectivity index (χ3v) is 2.35. The highest BCUT2D eigenvalue weighted by Gasteiger charge is 2.14. The number of aliphatic hydroxyl groups is 1. The van der Waals surface area contributed by atoms with Crippen molar-refractivity contribution < 1.29 is 14.2 Å². The van der Waals surface area contributed by atoms with Crippen LogP contribution in [0.2, 0.25) is 0 Å². The molecule has 1 aromatic carbocycles. The highest BCUT2D eigenvalue weighted by atomic mass is 19.1. The van der Waals surface area contributed by atoms with Gasteiger partial charge in [0.2, 0.25) is 0 Å². The number of methoxy groups -OCH3 is 1. The first-order valence-electron chi connectivity index (χ1n) is 5.00. The summed E-state index contributed by atoms with van der Waals surface area (Å²) >= 11 is 0. The van der Waals surface area contributed by atoms with Crippen molar-refractivity contribution in [3.63, 3.8) is 0 Å². The molecule has 1 heterocycles. The topological polar surface area (TPSA) is 55.2 Å². The second-order valence-electron chi connectivity index (χ2n) is 3.43. The van der Waals surface area contributed by atoms with Gasteiger partial charge in [-0.2, -0.15) is 0 Å². The van der Waals surface area contributed by atoms with Crippen molar-refractivity contribution in [3.8, 4) is 5.75 Å². The molecule has 1 N–H and O–H groups in total. The quantitative estimate of drug-likeness (QED) is 0.878. The van der Waals surface area contributed by atoms with Crippen molar-refractivity contribution in [1.82, 2.24) is 9.97 Å². The third kappa shape index (κ3) is 2.39. The molecule has 0 aliphatic rings. The molecule has 0 aliphatic heterocycles. The summed E-state index contributed by atoms with van der Waals surface area (Å²) in [6.45, 7) is 0.